The van der Waals surface area contributed by atoms with Crippen molar-refractivity contribution in [1.82, 2.24) is 20.1 Å². The highest BCUT2D eigenvalue weighted by Crippen LogP contribution is 2.41. The summed E-state index contributed by atoms with van der Waals surface area (Å²) in [4.78, 5) is 23.3. The number of nitrogens with one attached hydrogen (secondary N) is 2. The molecule has 2 saturated carbocycles. The summed E-state index contributed by atoms with van der Waals surface area (Å²) in [5.74, 6) is -0.795. The number of carboxylic acids is 1. The summed E-state index contributed by atoms with van der Waals surface area (Å²) in [5, 5.41) is 19.9. The third kappa shape index (κ3) is 2.74. The Balaban J connectivity index is 1.76. The molecule has 0 aliphatic heterocycles. The number of rotatable bonds is 5. The minimum atomic E-state index is -0.850. The first-order valence-corrected chi connectivity index (χ1v) is 8.19. The topological polar surface area (TPSA) is 100 Å². The number of aromatic amines is 1. The van der Waals surface area contributed by atoms with Gasteiger partial charge in [-0.25, -0.2) is 9.89 Å². The van der Waals surface area contributed by atoms with Crippen LogP contribution in [-0.2, 0) is 4.79 Å². The van der Waals surface area contributed by atoms with Crippen molar-refractivity contribution in [3.05, 3.63) is 10.5 Å². The van der Waals surface area contributed by atoms with Crippen molar-refractivity contribution >= 4 is 17.7 Å². The second kappa shape index (κ2) is 5.49. The van der Waals surface area contributed by atoms with E-state index in [0.29, 0.717) is 18.0 Å². The quantitative estimate of drug-likeness (QED) is 0.749. The van der Waals surface area contributed by atoms with E-state index in [2.05, 4.69) is 15.5 Å². The van der Waals surface area contributed by atoms with Crippen molar-refractivity contribution in [2.24, 2.45) is 0 Å². The summed E-state index contributed by atoms with van der Waals surface area (Å²) in [6, 6.07) is 0.274. The molecule has 7 nitrogen and oxygen atoms in total. The van der Waals surface area contributed by atoms with Crippen molar-refractivity contribution in [3.63, 3.8) is 0 Å². The summed E-state index contributed by atoms with van der Waals surface area (Å²) in [7, 11) is 1.70. The molecule has 0 spiro atoms. The maximum Gasteiger partial charge on any atom is 0.344 e. The summed E-state index contributed by atoms with van der Waals surface area (Å²) < 4.78 is 1.72. The number of thioether (sulfide) groups is 1. The van der Waals surface area contributed by atoms with Gasteiger partial charge in [-0.3, -0.25) is 9.36 Å². The maximum atomic E-state index is 11.8. The van der Waals surface area contributed by atoms with Crippen molar-refractivity contribution in [2.45, 2.75) is 60.5 Å². The molecule has 0 bridgehead atoms. The van der Waals surface area contributed by atoms with Gasteiger partial charge in [-0.05, 0) is 45.6 Å². The van der Waals surface area contributed by atoms with Gasteiger partial charge in [-0.2, -0.15) is 0 Å². The van der Waals surface area contributed by atoms with Crippen LogP contribution in [0.15, 0.2) is 9.95 Å². The zero-order valence-corrected chi connectivity index (χ0v) is 12.8. The molecule has 2 aliphatic carbocycles. The number of H-pyrrole nitrogens is 1. The van der Waals surface area contributed by atoms with Gasteiger partial charge in [0.2, 0.25) is 0 Å². The van der Waals surface area contributed by atoms with Crippen LogP contribution >= 0.6 is 11.8 Å². The van der Waals surface area contributed by atoms with Crippen LogP contribution in [0.4, 0.5) is 0 Å². The Morgan fingerprint density at radius 1 is 1.52 bits per heavy atom. The van der Waals surface area contributed by atoms with Crippen LogP contribution in [0.3, 0.4) is 0 Å². The molecule has 0 radical (unpaired) electrons. The van der Waals surface area contributed by atoms with Gasteiger partial charge in [0.25, 0.3) is 0 Å². The minimum absolute atomic E-state index is 0.158. The van der Waals surface area contributed by atoms with Gasteiger partial charge in [0.15, 0.2) is 5.16 Å². The van der Waals surface area contributed by atoms with E-state index >= 15 is 0 Å². The van der Waals surface area contributed by atoms with Crippen LogP contribution in [0.25, 0.3) is 0 Å². The summed E-state index contributed by atoms with van der Waals surface area (Å²) in [6.45, 7) is 0. The molecular weight excluding hydrogens is 292 g/mol. The van der Waals surface area contributed by atoms with E-state index in [1.165, 1.54) is 11.8 Å². The zero-order chi connectivity index (χ0) is 15.0. The highest BCUT2D eigenvalue weighted by atomic mass is 32.2. The fourth-order valence-electron chi connectivity index (χ4n) is 3.03. The Morgan fingerprint density at radius 2 is 2.29 bits per heavy atom. The largest absolute Gasteiger partial charge is 0.480 e. The van der Waals surface area contributed by atoms with E-state index in [1.807, 2.05) is 0 Å². The van der Waals surface area contributed by atoms with Crippen molar-refractivity contribution in [2.75, 3.05) is 7.05 Å². The van der Waals surface area contributed by atoms with Crippen LogP contribution in [0.2, 0.25) is 0 Å². The van der Waals surface area contributed by atoms with Crippen LogP contribution in [0.5, 0.6) is 0 Å². The van der Waals surface area contributed by atoms with E-state index in [-0.39, 0.29) is 17.0 Å². The standard InChI is InChI=1S/C13H20N4O3S/c1-14-13(10(18)19)6-2-3-9(7-13)21-12-16-15-11(20)17(12)8-4-5-8/h8-9,14H,2-7H2,1H3,(H,15,20)(H,18,19). The van der Waals surface area contributed by atoms with Crippen LogP contribution in [0.1, 0.15) is 44.6 Å². The van der Waals surface area contributed by atoms with Gasteiger partial charge in [-0.1, -0.05) is 11.8 Å². The number of carboxylic acid groups (broad SMARTS) is 1. The molecule has 1 heterocycles. The fraction of sp³-hybridized carbons (Fsp3) is 0.769. The van der Waals surface area contributed by atoms with Crippen LogP contribution in [0, 0.1) is 0 Å². The van der Waals surface area contributed by atoms with Gasteiger partial charge in [-0.15, -0.1) is 5.10 Å². The van der Waals surface area contributed by atoms with Crippen LogP contribution in [-0.4, -0.2) is 43.7 Å². The van der Waals surface area contributed by atoms with Gasteiger partial charge in [0, 0.05) is 11.3 Å². The number of carbonyl (C=O) groups is 1. The van der Waals surface area contributed by atoms with Gasteiger partial charge in [0.05, 0.1) is 0 Å². The van der Waals surface area contributed by atoms with Gasteiger partial charge < -0.3 is 10.4 Å². The molecule has 3 rings (SSSR count). The fourth-order valence-corrected chi connectivity index (χ4v) is 4.42. The average Bonchev–Trinajstić information content (AvgIpc) is 3.24. The van der Waals surface area contributed by atoms with E-state index in [4.69, 9.17) is 0 Å². The van der Waals surface area contributed by atoms with Crippen molar-refractivity contribution in [1.29, 1.82) is 0 Å². The molecule has 1 aromatic rings. The first kappa shape index (κ1) is 14.6. The van der Waals surface area contributed by atoms with E-state index in [1.54, 1.807) is 11.6 Å². The molecule has 1 aromatic heterocycles. The molecule has 0 saturated heterocycles. The normalized spacial score (nSPS) is 29.5. The summed E-state index contributed by atoms with van der Waals surface area (Å²) in [6.07, 6.45) is 5.05. The molecule has 8 heteroatoms. The Kier molecular flexibility index (Phi) is 3.83. The lowest BCUT2D eigenvalue weighted by Crippen LogP contribution is -2.53. The van der Waals surface area contributed by atoms with E-state index < -0.39 is 11.5 Å². The lowest BCUT2D eigenvalue weighted by Gasteiger charge is -2.36. The second-order valence-corrected chi connectivity index (χ2v) is 7.15. The number of hydrogen-bond acceptors (Lipinski definition) is 5. The molecular formula is C13H20N4O3S. The second-order valence-electron chi connectivity index (χ2n) is 5.89. The summed E-state index contributed by atoms with van der Waals surface area (Å²) in [5.41, 5.74) is -1.01. The third-order valence-corrected chi connectivity index (χ3v) is 5.68. The zero-order valence-electron chi connectivity index (χ0n) is 12.0. The molecule has 21 heavy (non-hydrogen) atoms. The Morgan fingerprint density at radius 3 is 2.90 bits per heavy atom. The van der Waals surface area contributed by atoms with Gasteiger partial charge >= 0.3 is 11.7 Å². The molecule has 2 unspecified atom stereocenters. The van der Waals surface area contributed by atoms with E-state index in [0.717, 1.165) is 25.7 Å². The lowest BCUT2D eigenvalue weighted by atomic mass is 9.81. The molecule has 0 amide bonds. The highest BCUT2D eigenvalue weighted by Gasteiger charge is 2.42. The minimum Gasteiger partial charge on any atom is -0.480 e. The Hall–Kier alpha value is -1.28. The van der Waals surface area contributed by atoms with Crippen molar-refractivity contribution in [3.8, 4) is 0 Å². The molecule has 116 valence electrons. The van der Waals surface area contributed by atoms with Crippen molar-refractivity contribution < 1.29 is 9.90 Å². The maximum absolute atomic E-state index is 11.8. The lowest BCUT2D eigenvalue weighted by molar-refractivity contribution is -0.146. The highest BCUT2D eigenvalue weighted by molar-refractivity contribution is 7.99. The predicted molar refractivity (Wildman–Crippen MR) is 78.7 cm³/mol. The Labute approximate surface area is 126 Å². The predicted octanol–water partition coefficient (Wildman–Crippen LogP) is 0.984. The first-order valence-electron chi connectivity index (χ1n) is 7.31. The molecule has 2 atom stereocenters. The number of aliphatic carboxylic acids is 1. The first-order chi connectivity index (χ1) is 10.1. The SMILES string of the molecule is CNC1(C(=O)O)CCCC(Sc2n[nH]c(=O)n2C2CC2)C1. The van der Waals surface area contributed by atoms with E-state index in [9.17, 15) is 14.7 Å². The number of hydrogen-bond donors (Lipinski definition) is 3. The van der Waals surface area contributed by atoms with Crippen LogP contribution < -0.4 is 11.0 Å². The summed E-state index contributed by atoms with van der Waals surface area (Å²) >= 11 is 1.53. The monoisotopic (exact) mass is 312 g/mol. The molecule has 0 aromatic carbocycles. The number of aromatic nitrogens is 3. The smallest absolute Gasteiger partial charge is 0.344 e. The molecule has 2 aliphatic rings. The third-order valence-electron chi connectivity index (χ3n) is 4.45. The average molecular weight is 312 g/mol. The Bertz CT molecular complexity index is 594. The number of nitrogens with zero attached hydrogens (tertiary/aromatic N) is 2. The van der Waals surface area contributed by atoms with Gasteiger partial charge in [0.1, 0.15) is 5.54 Å². The molecule has 3 N–H and O–H groups in total. The molecule has 2 fully saturated rings. The number of likely N-dealkylation sites (N-methyl/N-ethyl adjacent to an activating group) is 1.